The van der Waals surface area contributed by atoms with Gasteiger partial charge in [-0.1, -0.05) is 56.0 Å². The number of hydrogen-bond donors (Lipinski definition) is 0. The topological polar surface area (TPSA) is 78.4 Å². The van der Waals surface area contributed by atoms with Crippen molar-refractivity contribution in [3.05, 3.63) is 47.8 Å². The summed E-state index contributed by atoms with van der Waals surface area (Å²) in [6, 6.07) is 7.48. The van der Waals surface area contributed by atoms with Crippen molar-refractivity contribution in [1.29, 1.82) is 0 Å². The number of pyridine rings is 2. The van der Waals surface area contributed by atoms with Gasteiger partial charge in [-0.05, 0) is 73.9 Å². The van der Waals surface area contributed by atoms with Gasteiger partial charge in [0.1, 0.15) is 13.2 Å². The molecule has 0 saturated carbocycles. The first-order valence-corrected chi connectivity index (χ1v) is 18.2. The number of unbranched alkanes of at least 4 members (excludes halogenated alkanes) is 2. The molecule has 38 heavy (non-hydrogen) atoms. The Morgan fingerprint density at radius 3 is 1.63 bits per heavy atom. The zero-order valence-electron chi connectivity index (χ0n) is 21.7. The second kappa shape index (κ2) is 16.7. The van der Waals surface area contributed by atoms with Crippen molar-refractivity contribution in [1.82, 2.24) is 9.97 Å². The van der Waals surface area contributed by atoms with Crippen molar-refractivity contribution in [2.45, 2.75) is 87.9 Å². The fraction of sp³-hybridized carbons (Fsp3) is 0.571. The average Bonchev–Trinajstić information content (AvgIpc) is 3.66. The van der Waals surface area contributed by atoms with Crippen molar-refractivity contribution < 1.29 is 19.1 Å². The molecule has 6 nitrogen and oxygen atoms in total. The lowest BCUT2D eigenvalue weighted by atomic mass is 10.1. The van der Waals surface area contributed by atoms with Gasteiger partial charge in [0, 0.05) is 47.2 Å². The van der Waals surface area contributed by atoms with Crippen molar-refractivity contribution in [3.8, 4) is 11.4 Å². The van der Waals surface area contributed by atoms with E-state index < -0.39 is 0 Å². The number of nitrogens with zero attached hydrogens (tertiary/aromatic N) is 2. The highest BCUT2D eigenvalue weighted by Crippen LogP contribution is 2.40. The van der Waals surface area contributed by atoms with Crippen LogP contribution in [0, 0.1) is 0 Å². The van der Waals surface area contributed by atoms with Crippen LogP contribution in [0.4, 0.5) is 0 Å². The summed E-state index contributed by atoms with van der Waals surface area (Å²) < 4.78 is 11.0. The van der Waals surface area contributed by atoms with E-state index in [9.17, 15) is 9.59 Å². The van der Waals surface area contributed by atoms with Gasteiger partial charge in [0.25, 0.3) is 0 Å². The third kappa shape index (κ3) is 10.7. The monoisotopic (exact) mass is 592 g/mol. The predicted molar refractivity (Wildman–Crippen MR) is 161 cm³/mol. The zero-order valence-corrected chi connectivity index (χ0v) is 24.9. The van der Waals surface area contributed by atoms with E-state index in [0.29, 0.717) is 24.2 Å². The fourth-order valence-corrected chi connectivity index (χ4v) is 10.3. The molecule has 206 valence electrons. The number of aromatic nitrogens is 2. The van der Waals surface area contributed by atoms with Gasteiger partial charge in [-0.15, -0.1) is 0 Å². The predicted octanol–water partition coefficient (Wildman–Crippen LogP) is 7.66. The summed E-state index contributed by atoms with van der Waals surface area (Å²) in [7, 11) is 7.89. The smallest absolute Gasteiger partial charge is 0.306 e. The molecule has 0 N–H and O–H groups in total. The standard InChI is InChI=1S/C28H36N2O4S4/c31-27(7-3-1-5-23-11-15-35-37-23)33-19-21-9-13-29-25(17-21)26-18-22(10-14-30-26)20-34-28(32)8-4-2-6-24-12-16-36-38-24/h9-10,13-14,17-18,23-24H,1-8,11-12,15-16,19-20H2. The van der Waals surface area contributed by atoms with E-state index in [4.69, 9.17) is 9.47 Å². The van der Waals surface area contributed by atoms with Crippen LogP contribution in [0.25, 0.3) is 11.4 Å². The third-order valence-corrected chi connectivity index (χ3v) is 12.5. The Labute approximate surface area is 241 Å². The molecular formula is C28H36N2O4S4. The van der Waals surface area contributed by atoms with Gasteiger partial charge in [0.2, 0.25) is 0 Å². The Morgan fingerprint density at radius 1 is 0.737 bits per heavy atom. The molecule has 2 aliphatic rings. The summed E-state index contributed by atoms with van der Waals surface area (Å²) in [4.78, 5) is 33.2. The quantitative estimate of drug-likeness (QED) is 0.117. The molecule has 0 amide bonds. The van der Waals surface area contributed by atoms with Crippen molar-refractivity contribution in [2.24, 2.45) is 0 Å². The van der Waals surface area contributed by atoms with E-state index in [-0.39, 0.29) is 25.2 Å². The van der Waals surface area contributed by atoms with Gasteiger partial charge in [-0.3, -0.25) is 19.6 Å². The molecule has 10 heteroatoms. The maximum absolute atomic E-state index is 12.2. The summed E-state index contributed by atoms with van der Waals surface area (Å²) in [5.74, 6) is 2.18. The highest BCUT2D eigenvalue weighted by Gasteiger charge is 2.17. The van der Waals surface area contributed by atoms with Crippen LogP contribution in [0.1, 0.15) is 75.3 Å². The lowest BCUT2D eigenvalue weighted by Gasteiger charge is -2.09. The van der Waals surface area contributed by atoms with Crippen molar-refractivity contribution in [3.63, 3.8) is 0 Å². The van der Waals surface area contributed by atoms with Crippen LogP contribution in [0.3, 0.4) is 0 Å². The Morgan fingerprint density at radius 2 is 1.21 bits per heavy atom. The van der Waals surface area contributed by atoms with E-state index in [0.717, 1.165) is 47.3 Å². The van der Waals surface area contributed by atoms with Gasteiger partial charge >= 0.3 is 11.9 Å². The number of ether oxygens (including phenoxy) is 2. The fourth-order valence-electron chi connectivity index (χ4n) is 4.29. The lowest BCUT2D eigenvalue weighted by Crippen LogP contribution is -2.06. The van der Waals surface area contributed by atoms with Gasteiger partial charge in [0.05, 0.1) is 11.4 Å². The molecule has 2 unspecified atom stereocenters. The first-order chi connectivity index (χ1) is 18.7. The minimum atomic E-state index is -0.157. The molecule has 2 fully saturated rings. The normalized spacial score (nSPS) is 18.9. The zero-order chi connectivity index (χ0) is 26.4. The Hall–Kier alpha value is -1.36. The molecule has 2 aliphatic heterocycles. The molecule has 4 heterocycles. The number of esters is 2. The lowest BCUT2D eigenvalue weighted by molar-refractivity contribution is -0.146. The second-order valence-corrected chi connectivity index (χ2v) is 15.1. The Kier molecular flexibility index (Phi) is 13.0. The summed E-state index contributed by atoms with van der Waals surface area (Å²) >= 11 is 0. The molecule has 2 atom stereocenters. The number of rotatable bonds is 15. The van der Waals surface area contributed by atoms with Crippen molar-refractivity contribution in [2.75, 3.05) is 11.5 Å². The van der Waals surface area contributed by atoms with Crippen molar-refractivity contribution >= 4 is 55.1 Å². The number of carbonyl (C=O) groups excluding carboxylic acids is 2. The van der Waals surface area contributed by atoms with E-state index in [1.807, 2.05) is 67.4 Å². The molecular weight excluding hydrogens is 557 g/mol. The number of carbonyl (C=O) groups is 2. The summed E-state index contributed by atoms with van der Waals surface area (Å²) in [5, 5.41) is 1.50. The molecule has 4 rings (SSSR count). The first-order valence-electron chi connectivity index (χ1n) is 13.4. The molecule has 2 aromatic heterocycles. The molecule has 0 radical (unpaired) electrons. The van der Waals surface area contributed by atoms with Gasteiger partial charge in [0.15, 0.2) is 0 Å². The van der Waals surface area contributed by atoms with E-state index in [1.54, 1.807) is 12.4 Å². The molecule has 0 aromatic carbocycles. The van der Waals surface area contributed by atoms with Gasteiger partial charge in [-0.2, -0.15) is 0 Å². The second-order valence-electron chi connectivity index (χ2n) is 9.57. The maximum atomic E-state index is 12.2. The summed E-state index contributed by atoms with van der Waals surface area (Å²) in [6.45, 7) is 0.443. The largest absolute Gasteiger partial charge is 0.461 e. The van der Waals surface area contributed by atoms with Gasteiger partial charge < -0.3 is 9.47 Å². The molecule has 0 aliphatic carbocycles. The molecule has 2 aromatic rings. The van der Waals surface area contributed by atoms with E-state index in [2.05, 4.69) is 9.97 Å². The average molecular weight is 593 g/mol. The highest BCUT2D eigenvalue weighted by atomic mass is 33.1. The van der Waals surface area contributed by atoms with Crippen LogP contribution in [-0.4, -0.2) is 43.9 Å². The minimum Gasteiger partial charge on any atom is -0.461 e. The van der Waals surface area contributed by atoms with E-state index in [1.165, 1.54) is 37.2 Å². The third-order valence-electron chi connectivity index (χ3n) is 6.48. The Bertz CT molecular complexity index is 948. The SMILES string of the molecule is O=C(CCCCC1CCSS1)OCc1ccnc(-c2cc(COC(=O)CCCCC3CCSS3)ccn2)c1. The number of hydrogen-bond acceptors (Lipinski definition) is 10. The molecule has 2 saturated heterocycles. The van der Waals surface area contributed by atoms with Crippen LogP contribution in [-0.2, 0) is 32.3 Å². The van der Waals surface area contributed by atoms with Crippen LogP contribution in [0.5, 0.6) is 0 Å². The Balaban J connectivity index is 1.16. The van der Waals surface area contributed by atoms with E-state index >= 15 is 0 Å². The first kappa shape index (κ1) is 29.6. The van der Waals surface area contributed by atoms with Crippen LogP contribution in [0.15, 0.2) is 36.7 Å². The van der Waals surface area contributed by atoms with Crippen LogP contribution < -0.4 is 0 Å². The summed E-state index contributed by atoms with van der Waals surface area (Å²) in [5.41, 5.74) is 3.13. The van der Waals surface area contributed by atoms with Crippen LogP contribution in [0.2, 0.25) is 0 Å². The van der Waals surface area contributed by atoms with Crippen LogP contribution >= 0.6 is 43.2 Å². The minimum absolute atomic E-state index is 0.157. The summed E-state index contributed by atoms with van der Waals surface area (Å²) in [6.07, 6.45) is 13.2. The molecule has 0 bridgehead atoms. The molecule has 0 spiro atoms. The van der Waals surface area contributed by atoms with Gasteiger partial charge in [-0.25, -0.2) is 0 Å². The maximum Gasteiger partial charge on any atom is 0.306 e. The highest BCUT2D eigenvalue weighted by molar-refractivity contribution is 8.77.